The predicted molar refractivity (Wildman–Crippen MR) is 119 cm³/mol. The molecule has 4 rings (SSSR count). The zero-order chi connectivity index (χ0) is 22.5. The van der Waals surface area contributed by atoms with Gasteiger partial charge in [-0.25, -0.2) is 10.3 Å². The molecule has 10 nitrogen and oxygen atoms in total. The van der Waals surface area contributed by atoms with Crippen molar-refractivity contribution in [1.82, 2.24) is 24.8 Å². The van der Waals surface area contributed by atoms with Gasteiger partial charge in [-0.2, -0.15) is 9.78 Å². The van der Waals surface area contributed by atoms with Gasteiger partial charge in [0.15, 0.2) is 5.88 Å². The third kappa shape index (κ3) is 3.95. The topological polar surface area (TPSA) is 115 Å². The number of nitrogens with one attached hydrogen (secondary N) is 1. The Balaban J connectivity index is 1.68. The Morgan fingerprint density at radius 3 is 2.53 bits per heavy atom. The third-order valence-corrected chi connectivity index (χ3v) is 4.83. The lowest BCUT2D eigenvalue weighted by molar-refractivity contribution is 0.418. The molecule has 0 spiro atoms. The van der Waals surface area contributed by atoms with Gasteiger partial charge in [-0.05, 0) is 40.6 Å². The van der Waals surface area contributed by atoms with Crippen molar-refractivity contribution in [2.24, 2.45) is 5.10 Å². The molecular formula is C22H18N8O2. The molecule has 0 aliphatic heterocycles. The van der Waals surface area contributed by atoms with Crippen LogP contribution in [0.1, 0.15) is 16.7 Å². The van der Waals surface area contributed by atoms with E-state index in [4.69, 9.17) is 6.57 Å². The van der Waals surface area contributed by atoms with E-state index >= 15 is 0 Å². The Labute approximate surface area is 182 Å². The summed E-state index contributed by atoms with van der Waals surface area (Å²) >= 11 is 0. The van der Waals surface area contributed by atoms with Crippen LogP contribution in [0, 0.1) is 13.5 Å². The summed E-state index contributed by atoms with van der Waals surface area (Å²) in [6, 6.07) is 18.5. The molecule has 0 fully saturated rings. The molecule has 0 radical (unpaired) electrons. The van der Waals surface area contributed by atoms with Gasteiger partial charge in [0.05, 0.1) is 30.6 Å². The van der Waals surface area contributed by atoms with Crippen molar-refractivity contribution in [3.63, 3.8) is 0 Å². The molecule has 2 aromatic heterocycles. The molecule has 2 N–H and O–H groups in total. The van der Waals surface area contributed by atoms with Gasteiger partial charge in [-0.1, -0.05) is 53.6 Å². The van der Waals surface area contributed by atoms with Gasteiger partial charge < -0.3 is 5.11 Å². The first-order valence-corrected chi connectivity index (χ1v) is 9.60. The van der Waals surface area contributed by atoms with Gasteiger partial charge in [0.2, 0.25) is 5.69 Å². The second kappa shape index (κ2) is 8.93. The van der Waals surface area contributed by atoms with E-state index < -0.39 is 5.56 Å². The maximum Gasteiger partial charge on any atom is 0.268 e. The number of benzene rings is 2. The van der Waals surface area contributed by atoms with Crippen LogP contribution >= 0.6 is 0 Å². The highest BCUT2D eigenvalue weighted by Crippen LogP contribution is 2.30. The Hall–Kier alpha value is -4.78. The van der Waals surface area contributed by atoms with Crippen molar-refractivity contribution in [2.45, 2.75) is 13.5 Å². The van der Waals surface area contributed by atoms with Gasteiger partial charge >= 0.3 is 0 Å². The second-order valence-electron chi connectivity index (χ2n) is 6.82. The quantitative estimate of drug-likeness (QED) is 0.278. The Morgan fingerprint density at radius 2 is 1.84 bits per heavy atom. The number of hydrazone groups is 1. The highest BCUT2D eigenvalue weighted by molar-refractivity contribution is 5.85. The standard InChI is InChI=1S/C22H18N8O2/c1-15-18(13-24-25-22-26-27-28-30(22)17-11-7-4-8-12-17)20(31)29(21(32)19(15)23-2)14-16-9-5-3-6-10-16/h3-13,32H,14H2,1H3,(H,25,26,28)/b24-13+. The van der Waals surface area contributed by atoms with Crippen LogP contribution in [0.5, 0.6) is 5.88 Å². The lowest BCUT2D eigenvalue weighted by Crippen LogP contribution is -2.25. The number of hydrogen-bond acceptors (Lipinski definition) is 7. The number of hydrogen-bond donors (Lipinski definition) is 2. The van der Waals surface area contributed by atoms with Crippen LogP contribution in [0.25, 0.3) is 10.5 Å². The molecule has 2 aromatic carbocycles. The van der Waals surface area contributed by atoms with E-state index in [1.165, 1.54) is 10.9 Å². The van der Waals surface area contributed by atoms with Crippen LogP contribution in [0.4, 0.5) is 11.6 Å². The summed E-state index contributed by atoms with van der Waals surface area (Å²) in [6.07, 6.45) is 1.30. The lowest BCUT2D eigenvalue weighted by Gasteiger charge is -2.14. The summed E-state index contributed by atoms with van der Waals surface area (Å²) in [5.41, 5.74) is 4.31. The van der Waals surface area contributed by atoms with Crippen LogP contribution in [0.3, 0.4) is 0 Å². The fraction of sp³-hybridized carbons (Fsp3) is 0.0909. The molecule has 0 saturated carbocycles. The van der Waals surface area contributed by atoms with E-state index in [-0.39, 0.29) is 29.6 Å². The smallest absolute Gasteiger partial charge is 0.268 e. The number of tetrazole rings is 1. The zero-order valence-electron chi connectivity index (χ0n) is 17.0. The minimum atomic E-state index is -0.468. The summed E-state index contributed by atoms with van der Waals surface area (Å²) in [6.45, 7) is 9.16. The Kier molecular flexibility index (Phi) is 5.72. The molecule has 10 heteroatoms. The summed E-state index contributed by atoms with van der Waals surface area (Å²) in [5, 5.41) is 26.1. The van der Waals surface area contributed by atoms with Crippen molar-refractivity contribution < 1.29 is 5.11 Å². The van der Waals surface area contributed by atoms with Gasteiger partial charge in [-0.3, -0.25) is 9.36 Å². The van der Waals surface area contributed by atoms with Crippen LogP contribution < -0.4 is 11.0 Å². The molecule has 0 aliphatic rings. The first kappa shape index (κ1) is 20.5. The molecule has 0 amide bonds. The van der Waals surface area contributed by atoms with E-state index in [1.54, 1.807) is 6.92 Å². The average molecular weight is 426 g/mol. The summed E-state index contributed by atoms with van der Waals surface area (Å²) < 4.78 is 2.62. The number of aromatic nitrogens is 5. The SMILES string of the molecule is [C-]#[N+]c1c(C)c(/C=N/Nc2nnnn2-c2ccccc2)c(=O)n(Cc2ccccc2)c1O. The molecule has 0 bridgehead atoms. The number of para-hydroxylation sites is 1. The van der Waals surface area contributed by atoms with Crippen LogP contribution in [-0.4, -0.2) is 36.1 Å². The van der Waals surface area contributed by atoms with Gasteiger partial charge in [0, 0.05) is 0 Å². The maximum absolute atomic E-state index is 13.1. The van der Waals surface area contributed by atoms with E-state index in [0.29, 0.717) is 5.56 Å². The van der Waals surface area contributed by atoms with Crippen molar-refractivity contribution in [2.75, 3.05) is 5.43 Å². The molecular weight excluding hydrogens is 408 g/mol. The number of rotatable bonds is 6. The minimum absolute atomic E-state index is 0.00361. The molecule has 2 heterocycles. The summed E-state index contributed by atoms with van der Waals surface area (Å²) in [5.74, 6) is -0.122. The van der Waals surface area contributed by atoms with E-state index in [1.807, 2.05) is 60.7 Å². The maximum atomic E-state index is 13.1. The van der Waals surface area contributed by atoms with Crippen molar-refractivity contribution in [1.29, 1.82) is 0 Å². The first-order valence-electron chi connectivity index (χ1n) is 9.60. The number of aromatic hydroxyl groups is 1. The first-order chi connectivity index (χ1) is 15.6. The van der Waals surface area contributed by atoms with Crippen molar-refractivity contribution in [3.05, 3.63) is 99.1 Å². The predicted octanol–water partition coefficient (Wildman–Crippen LogP) is 2.88. The van der Waals surface area contributed by atoms with Gasteiger partial charge in [-0.15, -0.1) is 0 Å². The minimum Gasteiger partial charge on any atom is -0.503 e. The molecule has 0 unspecified atom stereocenters. The largest absolute Gasteiger partial charge is 0.503 e. The highest BCUT2D eigenvalue weighted by Gasteiger charge is 2.18. The van der Waals surface area contributed by atoms with E-state index in [2.05, 4.69) is 30.9 Å². The van der Waals surface area contributed by atoms with E-state index in [0.717, 1.165) is 15.8 Å². The Morgan fingerprint density at radius 1 is 1.16 bits per heavy atom. The van der Waals surface area contributed by atoms with Crippen LogP contribution in [0.15, 0.2) is 70.6 Å². The van der Waals surface area contributed by atoms with Gasteiger partial charge in [0.25, 0.3) is 11.5 Å². The number of pyridine rings is 1. The molecule has 4 aromatic rings. The van der Waals surface area contributed by atoms with Crippen LogP contribution in [-0.2, 0) is 6.54 Å². The molecule has 32 heavy (non-hydrogen) atoms. The second-order valence-corrected chi connectivity index (χ2v) is 6.82. The monoisotopic (exact) mass is 426 g/mol. The normalized spacial score (nSPS) is 10.9. The lowest BCUT2D eigenvalue weighted by atomic mass is 10.1. The van der Waals surface area contributed by atoms with Crippen molar-refractivity contribution >= 4 is 17.9 Å². The molecule has 0 aliphatic carbocycles. The van der Waals surface area contributed by atoms with Gasteiger partial charge in [0.1, 0.15) is 0 Å². The number of nitrogens with zero attached hydrogens (tertiary/aromatic N) is 7. The molecule has 158 valence electrons. The zero-order valence-corrected chi connectivity index (χ0v) is 17.0. The van der Waals surface area contributed by atoms with E-state index in [9.17, 15) is 9.90 Å². The summed E-state index contributed by atoms with van der Waals surface area (Å²) in [7, 11) is 0. The fourth-order valence-electron chi connectivity index (χ4n) is 3.18. The van der Waals surface area contributed by atoms with Crippen LogP contribution in [0.2, 0.25) is 0 Å². The molecule has 0 atom stereocenters. The Bertz CT molecular complexity index is 1370. The highest BCUT2D eigenvalue weighted by atomic mass is 16.3. The number of anilines is 1. The average Bonchev–Trinajstić information content (AvgIpc) is 3.29. The van der Waals surface area contributed by atoms with Crippen molar-refractivity contribution in [3.8, 4) is 11.6 Å². The molecule has 0 saturated heterocycles. The third-order valence-electron chi connectivity index (χ3n) is 4.83. The summed E-state index contributed by atoms with van der Waals surface area (Å²) in [4.78, 5) is 16.5. The fourth-order valence-corrected chi connectivity index (χ4v) is 3.18.